The minimum absolute atomic E-state index is 0.222. The number of benzene rings is 1. The maximum absolute atomic E-state index is 12.8. The van der Waals surface area contributed by atoms with Crippen molar-refractivity contribution in [2.45, 2.75) is 51.1 Å². The highest BCUT2D eigenvalue weighted by Crippen LogP contribution is 2.25. The molecule has 1 atom stereocenters. The van der Waals surface area contributed by atoms with Crippen molar-refractivity contribution in [2.24, 2.45) is 0 Å². The van der Waals surface area contributed by atoms with Gasteiger partial charge in [-0.25, -0.2) is 9.97 Å². The summed E-state index contributed by atoms with van der Waals surface area (Å²) in [6, 6.07) is 10.2. The number of methoxy groups -OCH3 is 1. The fourth-order valence-corrected chi connectivity index (χ4v) is 4.27. The van der Waals surface area contributed by atoms with Crippen molar-refractivity contribution >= 4 is 33.0 Å². The standard InChI is InChI=1S/C22H25BrN4O2/c1-29-18-9-6-15(7-10-18)14-27-17(4-2-3-5-21(27)28)8-11-20-25-19-12-16(23)13-24-22(19)26-20/h6-7,9-10,12-13,17H,2-5,8,11,14H2,1H3,(H,24,25,26). The molecule has 1 amide bonds. The Morgan fingerprint density at radius 3 is 2.90 bits per heavy atom. The molecule has 1 saturated heterocycles. The monoisotopic (exact) mass is 456 g/mol. The summed E-state index contributed by atoms with van der Waals surface area (Å²) in [5, 5.41) is 0. The summed E-state index contributed by atoms with van der Waals surface area (Å²) < 4.78 is 6.16. The molecule has 1 N–H and O–H groups in total. The van der Waals surface area contributed by atoms with E-state index >= 15 is 0 Å². The first-order valence-corrected chi connectivity index (χ1v) is 10.8. The lowest BCUT2D eigenvalue weighted by molar-refractivity contribution is -0.133. The van der Waals surface area contributed by atoms with Crippen molar-refractivity contribution in [3.05, 3.63) is 52.4 Å². The molecule has 3 aromatic rings. The molecule has 29 heavy (non-hydrogen) atoms. The van der Waals surface area contributed by atoms with Gasteiger partial charge >= 0.3 is 0 Å². The van der Waals surface area contributed by atoms with Crippen molar-refractivity contribution in [1.82, 2.24) is 19.9 Å². The molecule has 6 nitrogen and oxygen atoms in total. The molecule has 0 radical (unpaired) electrons. The third-order valence-electron chi connectivity index (χ3n) is 5.52. The predicted molar refractivity (Wildman–Crippen MR) is 116 cm³/mol. The molecule has 0 bridgehead atoms. The number of fused-ring (bicyclic) bond motifs is 1. The Hall–Kier alpha value is -2.41. The van der Waals surface area contributed by atoms with Gasteiger partial charge in [0.2, 0.25) is 5.91 Å². The van der Waals surface area contributed by atoms with E-state index in [0.717, 1.165) is 64.9 Å². The summed E-state index contributed by atoms with van der Waals surface area (Å²) >= 11 is 3.44. The topological polar surface area (TPSA) is 71.1 Å². The quantitative estimate of drug-likeness (QED) is 0.586. The van der Waals surface area contributed by atoms with Crippen molar-refractivity contribution < 1.29 is 9.53 Å². The van der Waals surface area contributed by atoms with Gasteiger partial charge in [0.15, 0.2) is 5.65 Å². The summed E-state index contributed by atoms with van der Waals surface area (Å²) in [5.41, 5.74) is 2.79. The number of ether oxygens (including phenoxy) is 1. The number of hydrogen-bond acceptors (Lipinski definition) is 4. The fourth-order valence-electron chi connectivity index (χ4n) is 3.95. The van der Waals surface area contributed by atoms with Crippen LogP contribution in [0.15, 0.2) is 41.0 Å². The molecule has 1 aliphatic rings. The second kappa shape index (κ2) is 8.95. The molecule has 7 heteroatoms. The number of hydrogen-bond donors (Lipinski definition) is 1. The second-order valence-corrected chi connectivity index (χ2v) is 8.43. The number of likely N-dealkylation sites (tertiary alicyclic amines) is 1. The third kappa shape index (κ3) is 4.78. The molecule has 1 aliphatic heterocycles. The highest BCUT2D eigenvalue weighted by atomic mass is 79.9. The van der Waals surface area contributed by atoms with Crippen LogP contribution in [0.3, 0.4) is 0 Å². The van der Waals surface area contributed by atoms with Crippen LogP contribution < -0.4 is 4.74 Å². The molecular formula is C22H25BrN4O2. The fraction of sp³-hybridized carbons (Fsp3) is 0.409. The Morgan fingerprint density at radius 1 is 1.28 bits per heavy atom. The average Bonchev–Trinajstić information content (AvgIpc) is 3.05. The number of pyridine rings is 1. The highest BCUT2D eigenvalue weighted by Gasteiger charge is 2.26. The van der Waals surface area contributed by atoms with Gasteiger partial charge in [-0.1, -0.05) is 18.6 Å². The lowest BCUT2D eigenvalue weighted by Gasteiger charge is -2.30. The molecule has 152 valence electrons. The zero-order chi connectivity index (χ0) is 20.2. The third-order valence-corrected chi connectivity index (χ3v) is 5.95. The van der Waals surface area contributed by atoms with Crippen LogP contribution in [-0.2, 0) is 17.8 Å². The number of halogens is 1. The Bertz CT molecular complexity index is 986. The number of carbonyl (C=O) groups excluding carboxylic acids is 1. The molecule has 1 unspecified atom stereocenters. The van der Waals surface area contributed by atoms with Gasteiger partial charge in [0.1, 0.15) is 17.1 Å². The summed E-state index contributed by atoms with van der Waals surface area (Å²) in [5.74, 6) is 2.00. The number of rotatable bonds is 6. The first kappa shape index (κ1) is 19.9. The van der Waals surface area contributed by atoms with E-state index in [2.05, 4.69) is 35.8 Å². The lowest BCUT2D eigenvalue weighted by atomic mass is 10.0. The number of H-pyrrole nitrogens is 1. The van der Waals surface area contributed by atoms with Crippen LogP contribution in [0.1, 0.15) is 43.5 Å². The number of carbonyl (C=O) groups is 1. The van der Waals surface area contributed by atoms with Gasteiger partial charge in [0, 0.05) is 36.1 Å². The summed E-state index contributed by atoms with van der Waals surface area (Å²) in [4.78, 5) is 27.2. The maximum Gasteiger partial charge on any atom is 0.223 e. The number of aryl methyl sites for hydroxylation is 1. The van der Waals surface area contributed by atoms with Crippen molar-refractivity contribution in [3.63, 3.8) is 0 Å². The van der Waals surface area contributed by atoms with Gasteiger partial charge < -0.3 is 14.6 Å². The molecule has 1 aromatic carbocycles. The minimum Gasteiger partial charge on any atom is -0.497 e. The summed E-state index contributed by atoms with van der Waals surface area (Å²) in [6.07, 6.45) is 7.18. The molecular weight excluding hydrogens is 432 g/mol. The van der Waals surface area contributed by atoms with E-state index in [4.69, 9.17) is 4.74 Å². The van der Waals surface area contributed by atoms with E-state index in [0.29, 0.717) is 13.0 Å². The molecule has 0 spiro atoms. The van der Waals surface area contributed by atoms with Crippen LogP contribution in [-0.4, -0.2) is 38.9 Å². The smallest absolute Gasteiger partial charge is 0.223 e. The SMILES string of the molecule is COc1ccc(CN2C(=O)CCCCC2CCc2nc3cc(Br)cnc3[nH]2)cc1. The first-order valence-electron chi connectivity index (χ1n) is 10.0. The maximum atomic E-state index is 12.8. The van der Waals surface area contributed by atoms with Gasteiger partial charge in [-0.3, -0.25) is 4.79 Å². The summed E-state index contributed by atoms with van der Waals surface area (Å²) in [7, 11) is 1.66. The minimum atomic E-state index is 0.222. The predicted octanol–water partition coefficient (Wildman–Crippen LogP) is 4.63. The highest BCUT2D eigenvalue weighted by molar-refractivity contribution is 9.10. The number of imidazole rings is 1. The van der Waals surface area contributed by atoms with Gasteiger partial charge in [-0.15, -0.1) is 0 Å². The van der Waals surface area contributed by atoms with Crippen LogP contribution in [0.25, 0.3) is 11.2 Å². The van der Waals surface area contributed by atoms with Crippen LogP contribution in [0.5, 0.6) is 5.75 Å². The molecule has 2 aromatic heterocycles. The van der Waals surface area contributed by atoms with Gasteiger partial charge in [-0.2, -0.15) is 0 Å². The number of aromatic amines is 1. The van der Waals surface area contributed by atoms with Gasteiger partial charge in [-0.05, 0) is 59.0 Å². The van der Waals surface area contributed by atoms with Gasteiger partial charge in [0.25, 0.3) is 0 Å². The Balaban J connectivity index is 1.47. The molecule has 3 heterocycles. The number of nitrogens with zero attached hydrogens (tertiary/aromatic N) is 3. The van der Waals surface area contributed by atoms with E-state index in [-0.39, 0.29) is 11.9 Å². The van der Waals surface area contributed by atoms with E-state index in [1.807, 2.05) is 30.3 Å². The molecule has 4 rings (SSSR count). The number of nitrogens with one attached hydrogen (secondary N) is 1. The van der Waals surface area contributed by atoms with Crippen LogP contribution in [0.2, 0.25) is 0 Å². The van der Waals surface area contributed by atoms with Gasteiger partial charge in [0.05, 0.1) is 7.11 Å². The zero-order valence-corrected chi connectivity index (χ0v) is 18.1. The second-order valence-electron chi connectivity index (χ2n) is 7.51. The molecule has 1 fully saturated rings. The number of aromatic nitrogens is 3. The van der Waals surface area contributed by atoms with E-state index in [1.54, 1.807) is 13.3 Å². The van der Waals surface area contributed by atoms with E-state index in [1.165, 1.54) is 0 Å². The Labute approximate surface area is 178 Å². The van der Waals surface area contributed by atoms with Crippen LogP contribution in [0, 0.1) is 0 Å². The van der Waals surface area contributed by atoms with Crippen molar-refractivity contribution in [2.75, 3.05) is 7.11 Å². The van der Waals surface area contributed by atoms with E-state index in [9.17, 15) is 4.79 Å². The normalized spacial score (nSPS) is 17.5. The zero-order valence-electron chi connectivity index (χ0n) is 16.5. The molecule has 0 aliphatic carbocycles. The lowest BCUT2D eigenvalue weighted by Crippen LogP contribution is -2.38. The number of amides is 1. The van der Waals surface area contributed by atoms with E-state index < -0.39 is 0 Å². The molecule has 0 saturated carbocycles. The Kier molecular flexibility index (Phi) is 6.13. The van der Waals surface area contributed by atoms with Crippen molar-refractivity contribution in [3.8, 4) is 5.75 Å². The van der Waals surface area contributed by atoms with Crippen molar-refractivity contribution in [1.29, 1.82) is 0 Å². The summed E-state index contributed by atoms with van der Waals surface area (Å²) in [6.45, 7) is 0.641. The Morgan fingerprint density at radius 2 is 2.10 bits per heavy atom. The average molecular weight is 457 g/mol. The van der Waals surface area contributed by atoms with Crippen LogP contribution >= 0.6 is 15.9 Å². The first-order chi connectivity index (χ1) is 14.1. The largest absolute Gasteiger partial charge is 0.497 e. The van der Waals surface area contributed by atoms with Crippen LogP contribution in [0.4, 0.5) is 0 Å².